The smallest absolute Gasteiger partial charge is 0.125 e. The molecule has 2 rings (SSSR count). The molecule has 0 radical (unpaired) electrons. The van der Waals surface area contributed by atoms with Crippen LogP contribution in [0.5, 0.6) is 0 Å². The molecule has 0 aliphatic heterocycles. The Labute approximate surface area is 81.0 Å². The number of rotatable bonds is 1. The maximum atomic E-state index is 12.8. The summed E-state index contributed by atoms with van der Waals surface area (Å²) in [6.07, 6.45) is 1.79. The molecule has 4 heteroatoms. The summed E-state index contributed by atoms with van der Waals surface area (Å²) in [4.78, 5) is 0. The van der Waals surface area contributed by atoms with Gasteiger partial charge in [-0.05, 0) is 31.2 Å². The van der Waals surface area contributed by atoms with Gasteiger partial charge in [-0.2, -0.15) is 5.10 Å². The van der Waals surface area contributed by atoms with Crippen molar-refractivity contribution in [3.05, 3.63) is 42.0 Å². The summed E-state index contributed by atoms with van der Waals surface area (Å²) in [6.45, 7) is 1.89. The van der Waals surface area contributed by atoms with Crippen molar-refractivity contribution >= 4 is 5.69 Å². The number of anilines is 1. The maximum absolute atomic E-state index is 12.8. The van der Waals surface area contributed by atoms with Crippen LogP contribution >= 0.6 is 0 Å². The van der Waals surface area contributed by atoms with Crippen LogP contribution in [-0.4, -0.2) is 9.78 Å². The Morgan fingerprint density at radius 1 is 1.36 bits per heavy atom. The van der Waals surface area contributed by atoms with Gasteiger partial charge in [0.25, 0.3) is 0 Å². The van der Waals surface area contributed by atoms with E-state index in [4.69, 9.17) is 5.73 Å². The molecule has 0 atom stereocenters. The van der Waals surface area contributed by atoms with Gasteiger partial charge in [-0.25, -0.2) is 9.07 Å². The number of nitrogen functional groups attached to an aromatic ring is 1. The van der Waals surface area contributed by atoms with Crippen molar-refractivity contribution < 1.29 is 4.39 Å². The van der Waals surface area contributed by atoms with E-state index < -0.39 is 0 Å². The Bertz CT molecular complexity index is 462. The predicted molar refractivity (Wildman–Crippen MR) is 52.7 cm³/mol. The third-order valence-corrected chi connectivity index (χ3v) is 1.96. The quantitative estimate of drug-likeness (QED) is 0.699. The molecular weight excluding hydrogens is 181 g/mol. The fourth-order valence-corrected chi connectivity index (χ4v) is 1.28. The molecule has 0 aliphatic rings. The van der Waals surface area contributed by atoms with Crippen LogP contribution < -0.4 is 5.73 Å². The van der Waals surface area contributed by atoms with Crippen LogP contribution in [0.25, 0.3) is 5.69 Å². The molecule has 2 aromatic rings. The van der Waals surface area contributed by atoms with Gasteiger partial charge in [-0.1, -0.05) is 0 Å². The highest BCUT2D eigenvalue weighted by atomic mass is 19.1. The van der Waals surface area contributed by atoms with E-state index in [1.54, 1.807) is 16.9 Å². The molecule has 1 aromatic carbocycles. The lowest BCUT2D eigenvalue weighted by atomic mass is 10.2. The first-order valence-corrected chi connectivity index (χ1v) is 4.24. The van der Waals surface area contributed by atoms with Gasteiger partial charge in [0.1, 0.15) is 5.82 Å². The molecule has 0 aliphatic carbocycles. The van der Waals surface area contributed by atoms with E-state index in [0.29, 0.717) is 11.4 Å². The summed E-state index contributed by atoms with van der Waals surface area (Å²) in [7, 11) is 0. The number of aryl methyl sites for hydroxylation is 1. The first-order chi connectivity index (χ1) is 6.66. The van der Waals surface area contributed by atoms with Crippen LogP contribution in [0.2, 0.25) is 0 Å². The number of nitrogens with two attached hydrogens (primary N) is 1. The molecule has 2 N–H and O–H groups in total. The lowest BCUT2D eigenvalue weighted by Crippen LogP contribution is -2.00. The summed E-state index contributed by atoms with van der Waals surface area (Å²) in [5, 5.41) is 4.19. The third kappa shape index (κ3) is 1.46. The van der Waals surface area contributed by atoms with Gasteiger partial charge in [0.05, 0.1) is 17.1 Å². The Kier molecular flexibility index (Phi) is 1.96. The van der Waals surface area contributed by atoms with E-state index in [9.17, 15) is 4.39 Å². The molecule has 0 spiro atoms. The van der Waals surface area contributed by atoms with Crippen LogP contribution in [0.1, 0.15) is 5.69 Å². The van der Waals surface area contributed by atoms with Gasteiger partial charge >= 0.3 is 0 Å². The summed E-state index contributed by atoms with van der Waals surface area (Å²) < 4.78 is 14.4. The molecule has 0 fully saturated rings. The number of hydrogen-bond acceptors (Lipinski definition) is 2. The normalized spacial score (nSPS) is 10.4. The van der Waals surface area contributed by atoms with Crippen LogP contribution in [0.15, 0.2) is 30.5 Å². The van der Waals surface area contributed by atoms with E-state index >= 15 is 0 Å². The maximum Gasteiger partial charge on any atom is 0.125 e. The number of aromatic nitrogens is 2. The molecule has 0 saturated carbocycles. The van der Waals surface area contributed by atoms with Crippen LogP contribution in [0, 0.1) is 12.7 Å². The Balaban J connectivity index is 2.52. The first-order valence-electron chi connectivity index (χ1n) is 4.24. The van der Waals surface area contributed by atoms with Crippen molar-refractivity contribution in [2.24, 2.45) is 0 Å². The average molecular weight is 191 g/mol. The van der Waals surface area contributed by atoms with E-state index in [1.807, 2.05) is 13.0 Å². The van der Waals surface area contributed by atoms with E-state index in [1.165, 1.54) is 12.1 Å². The molecule has 0 unspecified atom stereocenters. The Morgan fingerprint density at radius 3 is 2.71 bits per heavy atom. The van der Waals surface area contributed by atoms with Crippen molar-refractivity contribution in [2.45, 2.75) is 6.92 Å². The third-order valence-electron chi connectivity index (χ3n) is 1.96. The standard InChI is InChI=1S/C10H10FN3/c1-7-4-5-14(13-7)10-3-2-8(11)6-9(10)12/h2-6H,12H2,1H3. The fraction of sp³-hybridized carbons (Fsp3) is 0.100. The minimum atomic E-state index is -0.338. The van der Waals surface area contributed by atoms with E-state index in [0.717, 1.165) is 5.69 Å². The number of halogens is 1. The van der Waals surface area contributed by atoms with Gasteiger partial charge in [0.15, 0.2) is 0 Å². The predicted octanol–water partition coefficient (Wildman–Crippen LogP) is 1.90. The van der Waals surface area contributed by atoms with Crippen molar-refractivity contribution in [1.29, 1.82) is 0 Å². The van der Waals surface area contributed by atoms with Crippen LogP contribution in [-0.2, 0) is 0 Å². The van der Waals surface area contributed by atoms with E-state index in [2.05, 4.69) is 5.10 Å². The van der Waals surface area contributed by atoms with Crippen molar-refractivity contribution in [1.82, 2.24) is 9.78 Å². The largest absolute Gasteiger partial charge is 0.397 e. The fourth-order valence-electron chi connectivity index (χ4n) is 1.28. The molecular formula is C10H10FN3. The van der Waals surface area contributed by atoms with Gasteiger partial charge in [-0.15, -0.1) is 0 Å². The molecule has 1 aromatic heterocycles. The van der Waals surface area contributed by atoms with Crippen LogP contribution in [0.3, 0.4) is 0 Å². The van der Waals surface area contributed by atoms with Gasteiger partial charge in [0.2, 0.25) is 0 Å². The first kappa shape index (κ1) is 8.74. The zero-order chi connectivity index (χ0) is 10.1. The summed E-state index contributed by atoms with van der Waals surface area (Å²) in [5.74, 6) is -0.338. The van der Waals surface area contributed by atoms with Crippen molar-refractivity contribution in [2.75, 3.05) is 5.73 Å². The van der Waals surface area contributed by atoms with Crippen molar-refractivity contribution in [3.8, 4) is 5.69 Å². The molecule has 3 nitrogen and oxygen atoms in total. The Hall–Kier alpha value is -1.84. The molecule has 1 heterocycles. The summed E-state index contributed by atoms with van der Waals surface area (Å²) in [5.41, 5.74) is 7.64. The molecule has 0 bridgehead atoms. The topological polar surface area (TPSA) is 43.8 Å². The average Bonchev–Trinajstić information content (AvgIpc) is 2.51. The number of benzene rings is 1. The second kappa shape index (κ2) is 3.14. The van der Waals surface area contributed by atoms with Crippen LogP contribution in [0.4, 0.5) is 10.1 Å². The number of hydrogen-bond donors (Lipinski definition) is 1. The SMILES string of the molecule is Cc1ccn(-c2ccc(F)cc2N)n1. The zero-order valence-corrected chi connectivity index (χ0v) is 7.74. The lowest BCUT2D eigenvalue weighted by molar-refractivity contribution is 0.627. The van der Waals surface area contributed by atoms with Gasteiger partial charge in [0, 0.05) is 6.20 Å². The highest BCUT2D eigenvalue weighted by Gasteiger charge is 2.03. The molecule has 0 saturated heterocycles. The molecule has 0 amide bonds. The summed E-state index contributed by atoms with van der Waals surface area (Å²) >= 11 is 0. The minimum absolute atomic E-state index is 0.338. The second-order valence-electron chi connectivity index (χ2n) is 3.10. The van der Waals surface area contributed by atoms with E-state index in [-0.39, 0.29) is 5.82 Å². The minimum Gasteiger partial charge on any atom is -0.397 e. The Morgan fingerprint density at radius 2 is 2.14 bits per heavy atom. The molecule has 14 heavy (non-hydrogen) atoms. The lowest BCUT2D eigenvalue weighted by Gasteiger charge is -2.04. The van der Waals surface area contributed by atoms with Gasteiger partial charge in [-0.3, -0.25) is 0 Å². The highest BCUT2D eigenvalue weighted by Crippen LogP contribution is 2.17. The monoisotopic (exact) mass is 191 g/mol. The van der Waals surface area contributed by atoms with Crippen molar-refractivity contribution in [3.63, 3.8) is 0 Å². The number of nitrogens with zero attached hydrogens (tertiary/aromatic N) is 2. The second-order valence-corrected chi connectivity index (χ2v) is 3.10. The summed E-state index contributed by atoms with van der Waals surface area (Å²) in [6, 6.07) is 6.12. The zero-order valence-electron chi connectivity index (χ0n) is 7.74. The molecule has 72 valence electrons. The van der Waals surface area contributed by atoms with Gasteiger partial charge < -0.3 is 5.73 Å². The highest BCUT2D eigenvalue weighted by molar-refractivity contribution is 5.57.